The van der Waals surface area contributed by atoms with Crippen LogP contribution in [0.1, 0.15) is 0 Å². The number of rotatable bonds is 2. The highest BCUT2D eigenvalue weighted by molar-refractivity contribution is 8.02. The van der Waals surface area contributed by atoms with Crippen molar-refractivity contribution in [1.29, 1.82) is 0 Å². The molecular weight excluding hydrogens is 172 g/mol. The second-order valence-electron chi connectivity index (χ2n) is 3.45. The molecule has 1 heterocycles. The summed E-state index contributed by atoms with van der Waals surface area (Å²) < 4.78 is 5.84. The Morgan fingerprint density at radius 1 is 1.27 bits per heavy atom. The van der Waals surface area contributed by atoms with Crippen LogP contribution in [0.15, 0.2) is 23.6 Å². The molecule has 0 amide bonds. The molecule has 1 nitrogen and oxygen atoms in total. The molecule has 0 aromatic heterocycles. The van der Waals surface area contributed by atoms with Crippen LogP contribution >= 0.6 is 11.8 Å². The smallest absolute Gasteiger partial charge is 0.185 e. The Kier molecular flexibility index (Phi) is 2.98. The van der Waals surface area contributed by atoms with Crippen LogP contribution in [-0.4, -0.2) is 13.8 Å². The molecule has 1 unspecified atom stereocenters. The van der Waals surface area contributed by atoms with Crippen molar-refractivity contribution in [2.24, 2.45) is 0 Å². The molecule has 0 aliphatic carbocycles. The average molecular weight is 186 g/mol. The molecule has 3 heteroatoms. The third kappa shape index (κ3) is 3.79. The van der Waals surface area contributed by atoms with Gasteiger partial charge in [0, 0.05) is 0 Å². The number of allylic oxidation sites excluding steroid dienone is 2. The number of hydrogen-bond donors (Lipinski definition) is 0. The van der Waals surface area contributed by atoms with Gasteiger partial charge in [0.05, 0.1) is 0 Å². The van der Waals surface area contributed by atoms with Crippen LogP contribution in [0.5, 0.6) is 0 Å². The predicted molar refractivity (Wildman–Crippen MR) is 54.1 cm³/mol. The molecule has 0 aromatic rings. The first-order valence-corrected chi connectivity index (χ1v) is 8.10. The van der Waals surface area contributed by atoms with Crippen LogP contribution in [0.3, 0.4) is 0 Å². The summed E-state index contributed by atoms with van der Waals surface area (Å²) in [5.41, 5.74) is 0.256. The summed E-state index contributed by atoms with van der Waals surface area (Å²) in [6.07, 6.45) is 6.18. The molecular formula is C8H14OSSi. The Bertz CT molecular complexity index is 181. The lowest BCUT2D eigenvalue weighted by Crippen LogP contribution is -2.29. The molecule has 1 atom stereocenters. The monoisotopic (exact) mass is 186 g/mol. The van der Waals surface area contributed by atoms with Gasteiger partial charge in [-0.3, -0.25) is 0 Å². The van der Waals surface area contributed by atoms with E-state index in [0.717, 1.165) is 0 Å². The van der Waals surface area contributed by atoms with Crippen molar-refractivity contribution in [2.45, 2.75) is 25.1 Å². The van der Waals surface area contributed by atoms with E-state index in [2.05, 4.69) is 31.1 Å². The fourth-order valence-corrected chi connectivity index (χ4v) is 3.17. The van der Waals surface area contributed by atoms with Crippen molar-refractivity contribution in [3.8, 4) is 0 Å². The highest BCUT2D eigenvalue weighted by atomic mass is 32.2. The summed E-state index contributed by atoms with van der Waals surface area (Å²) in [5.74, 6) is 0. The maximum absolute atomic E-state index is 5.84. The van der Waals surface area contributed by atoms with Crippen molar-refractivity contribution in [3.63, 3.8) is 0 Å². The molecule has 0 fully saturated rings. The molecule has 0 bridgehead atoms. The highest BCUT2D eigenvalue weighted by Crippen LogP contribution is 2.22. The van der Waals surface area contributed by atoms with E-state index >= 15 is 0 Å². The molecule has 1 aliphatic rings. The van der Waals surface area contributed by atoms with Gasteiger partial charge in [0.25, 0.3) is 0 Å². The van der Waals surface area contributed by atoms with Gasteiger partial charge in [0.2, 0.25) is 0 Å². The molecule has 0 N–H and O–H groups in total. The maximum atomic E-state index is 5.84. The van der Waals surface area contributed by atoms with E-state index in [9.17, 15) is 0 Å². The predicted octanol–water partition coefficient (Wildman–Crippen LogP) is 2.98. The van der Waals surface area contributed by atoms with Crippen LogP contribution in [0.25, 0.3) is 0 Å². The molecule has 0 saturated heterocycles. The standard InChI is InChI=1S/C8H14OSSi/c1-11(2,3)9-8-6-4-5-7-10-8/h4-8H,1-3H3. The Morgan fingerprint density at radius 3 is 2.45 bits per heavy atom. The lowest BCUT2D eigenvalue weighted by Gasteiger charge is -2.23. The molecule has 1 rings (SSSR count). The minimum Gasteiger partial charge on any atom is -0.402 e. The Labute approximate surface area is 73.6 Å². The first-order chi connectivity index (χ1) is 5.08. The van der Waals surface area contributed by atoms with Crippen LogP contribution in [0.2, 0.25) is 19.6 Å². The van der Waals surface area contributed by atoms with E-state index in [1.165, 1.54) is 0 Å². The first-order valence-electron chi connectivity index (χ1n) is 3.74. The van der Waals surface area contributed by atoms with Crippen LogP contribution in [0.4, 0.5) is 0 Å². The fourth-order valence-electron chi connectivity index (χ4n) is 0.784. The summed E-state index contributed by atoms with van der Waals surface area (Å²) in [5, 5.41) is 2.07. The van der Waals surface area contributed by atoms with Gasteiger partial charge in [0.15, 0.2) is 8.32 Å². The topological polar surface area (TPSA) is 9.23 Å². The van der Waals surface area contributed by atoms with Gasteiger partial charge in [-0.05, 0) is 31.1 Å². The van der Waals surface area contributed by atoms with Crippen LogP contribution in [0, 0.1) is 0 Å². The maximum Gasteiger partial charge on any atom is 0.185 e. The average Bonchev–Trinajstić information content (AvgIpc) is 1.85. The van der Waals surface area contributed by atoms with Gasteiger partial charge >= 0.3 is 0 Å². The van der Waals surface area contributed by atoms with Crippen molar-refractivity contribution >= 4 is 20.1 Å². The first kappa shape index (κ1) is 9.10. The second kappa shape index (κ2) is 3.60. The van der Waals surface area contributed by atoms with E-state index in [1.54, 1.807) is 11.8 Å². The zero-order valence-corrected chi connectivity index (χ0v) is 9.02. The van der Waals surface area contributed by atoms with Gasteiger partial charge in [-0.1, -0.05) is 23.9 Å². The van der Waals surface area contributed by atoms with E-state index in [1.807, 2.05) is 12.2 Å². The van der Waals surface area contributed by atoms with Gasteiger partial charge < -0.3 is 4.43 Å². The van der Waals surface area contributed by atoms with Crippen molar-refractivity contribution in [3.05, 3.63) is 23.6 Å². The van der Waals surface area contributed by atoms with Gasteiger partial charge in [-0.2, -0.15) is 0 Å². The molecule has 62 valence electrons. The molecule has 11 heavy (non-hydrogen) atoms. The normalized spacial score (nSPS) is 24.1. The third-order valence-electron chi connectivity index (χ3n) is 1.14. The minimum absolute atomic E-state index is 0.256. The van der Waals surface area contributed by atoms with E-state index in [0.29, 0.717) is 0 Å². The van der Waals surface area contributed by atoms with E-state index in [4.69, 9.17) is 4.43 Å². The molecule has 1 aliphatic heterocycles. The summed E-state index contributed by atoms with van der Waals surface area (Å²) in [4.78, 5) is 0. The Balaban J connectivity index is 2.39. The van der Waals surface area contributed by atoms with Crippen LogP contribution < -0.4 is 0 Å². The van der Waals surface area contributed by atoms with Crippen molar-refractivity contribution < 1.29 is 4.43 Å². The zero-order chi connectivity index (χ0) is 8.32. The van der Waals surface area contributed by atoms with E-state index < -0.39 is 8.32 Å². The lowest BCUT2D eigenvalue weighted by atomic mass is 10.5. The fraction of sp³-hybridized carbons (Fsp3) is 0.500. The Hall–Kier alpha value is 0.00688. The largest absolute Gasteiger partial charge is 0.402 e. The number of thioether (sulfide) groups is 1. The zero-order valence-electron chi connectivity index (χ0n) is 7.20. The second-order valence-corrected chi connectivity index (χ2v) is 8.92. The molecule has 0 aromatic carbocycles. The summed E-state index contributed by atoms with van der Waals surface area (Å²) in [6, 6.07) is 0. The Morgan fingerprint density at radius 2 is 2.00 bits per heavy atom. The summed E-state index contributed by atoms with van der Waals surface area (Å²) >= 11 is 1.74. The van der Waals surface area contributed by atoms with Gasteiger partial charge in [-0.15, -0.1) is 0 Å². The summed E-state index contributed by atoms with van der Waals surface area (Å²) in [6.45, 7) is 6.62. The van der Waals surface area contributed by atoms with Crippen LogP contribution in [-0.2, 0) is 4.43 Å². The molecule has 0 saturated carbocycles. The molecule has 0 spiro atoms. The lowest BCUT2D eigenvalue weighted by molar-refractivity contribution is 0.327. The number of hydrogen-bond acceptors (Lipinski definition) is 2. The molecule has 0 radical (unpaired) electrons. The minimum atomic E-state index is -1.35. The van der Waals surface area contributed by atoms with Gasteiger partial charge in [-0.25, -0.2) is 0 Å². The van der Waals surface area contributed by atoms with Crippen molar-refractivity contribution in [2.75, 3.05) is 0 Å². The van der Waals surface area contributed by atoms with Gasteiger partial charge in [0.1, 0.15) is 5.44 Å². The summed E-state index contributed by atoms with van der Waals surface area (Å²) in [7, 11) is -1.35. The van der Waals surface area contributed by atoms with E-state index in [-0.39, 0.29) is 5.44 Å². The quantitative estimate of drug-likeness (QED) is 0.613. The van der Waals surface area contributed by atoms with Crippen molar-refractivity contribution in [1.82, 2.24) is 0 Å². The SMILES string of the molecule is C[Si](C)(C)OC1C=CC=CS1. The highest BCUT2D eigenvalue weighted by Gasteiger charge is 2.19. The third-order valence-corrected chi connectivity index (χ3v) is 3.11.